The van der Waals surface area contributed by atoms with Crippen molar-refractivity contribution >= 4 is 51.6 Å². The Balaban J connectivity index is 1.90. The van der Waals surface area contributed by atoms with Crippen LogP contribution in [0.15, 0.2) is 47.6 Å². The van der Waals surface area contributed by atoms with E-state index < -0.39 is 0 Å². The summed E-state index contributed by atoms with van der Waals surface area (Å²) in [6.45, 7) is 8.30. The van der Waals surface area contributed by atoms with Crippen molar-refractivity contribution in [1.82, 2.24) is 19.9 Å². The van der Waals surface area contributed by atoms with Crippen LogP contribution in [0.2, 0.25) is 0 Å². The highest BCUT2D eigenvalue weighted by molar-refractivity contribution is 8.22. The van der Waals surface area contributed by atoms with Crippen LogP contribution in [0, 0.1) is 0 Å². The van der Waals surface area contributed by atoms with Crippen LogP contribution in [0.25, 0.3) is 0 Å². The molecule has 35 heavy (non-hydrogen) atoms. The highest BCUT2D eigenvalue weighted by Gasteiger charge is 2.14. The average Bonchev–Trinajstić information content (AvgIpc) is 2.86. The Morgan fingerprint density at radius 1 is 0.857 bits per heavy atom. The lowest BCUT2D eigenvalue weighted by Crippen LogP contribution is -2.26. The molecule has 0 atom stereocenters. The second-order valence-electron chi connectivity index (χ2n) is 7.08. The molecule has 11 heteroatoms. The van der Waals surface area contributed by atoms with Crippen molar-refractivity contribution in [2.24, 2.45) is 0 Å². The van der Waals surface area contributed by atoms with E-state index >= 15 is 0 Å². The quantitative estimate of drug-likeness (QED) is 0.251. The van der Waals surface area contributed by atoms with E-state index in [1.165, 1.54) is 11.8 Å². The normalized spacial score (nSPS) is 10.4. The maximum absolute atomic E-state index is 5.60. The van der Waals surface area contributed by atoms with Gasteiger partial charge in [0.25, 0.3) is 0 Å². The molecule has 1 heterocycles. The highest BCUT2D eigenvalue weighted by Crippen LogP contribution is 2.31. The van der Waals surface area contributed by atoms with Gasteiger partial charge >= 0.3 is 0 Å². The maximum Gasteiger partial charge on any atom is 0.233 e. The molecule has 0 amide bonds. The Morgan fingerprint density at radius 2 is 1.46 bits per heavy atom. The molecule has 0 fully saturated rings. The molecule has 2 N–H and O–H groups in total. The third-order valence-corrected chi connectivity index (χ3v) is 6.18. The summed E-state index contributed by atoms with van der Waals surface area (Å²) >= 11 is 6.93. The largest absolute Gasteiger partial charge is 0.494 e. The number of nitrogens with one attached hydrogen (secondary N) is 2. The zero-order valence-electron chi connectivity index (χ0n) is 20.5. The Kier molecular flexibility index (Phi) is 9.74. The molecule has 0 radical (unpaired) electrons. The van der Waals surface area contributed by atoms with E-state index in [0.717, 1.165) is 30.2 Å². The second-order valence-corrected chi connectivity index (χ2v) is 8.68. The minimum atomic E-state index is 0.366. The first kappa shape index (κ1) is 26.3. The number of ether oxygens (including phenoxy) is 3. The van der Waals surface area contributed by atoms with Crippen LogP contribution >= 0.6 is 24.0 Å². The van der Waals surface area contributed by atoms with Crippen molar-refractivity contribution in [2.75, 3.05) is 44.5 Å². The second kappa shape index (κ2) is 13.0. The summed E-state index contributed by atoms with van der Waals surface area (Å²) in [4.78, 5) is 15.8. The van der Waals surface area contributed by atoms with Gasteiger partial charge < -0.3 is 29.7 Å². The van der Waals surface area contributed by atoms with Gasteiger partial charge in [-0.1, -0.05) is 12.2 Å². The zero-order valence-corrected chi connectivity index (χ0v) is 22.1. The van der Waals surface area contributed by atoms with E-state index in [2.05, 4.69) is 44.3 Å². The van der Waals surface area contributed by atoms with E-state index in [9.17, 15) is 0 Å². The number of thiocarbonyl (C=S) groups is 1. The zero-order chi connectivity index (χ0) is 25.2. The lowest BCUT2D eigenvalue weighted by molar-refractivity contribution is 0.340. The first-order valence-corrected chi connectivity index (χ1v) is 12.4. The number of aromatic nitrogens is 3. The van der Waals surface area contributed by atoms with Crippen molar-refractivity contribution in [2.45, 2.75) is 25.9 Å². The summed E-state index contributed by atoms with van der Waals surface area (Å²) in [7, 11) is 3.18. The fraction of sp³-hybridized carbons (Fsp3) is 0.333. The van der Waals surface area contributed by atoms with Gasteiger partial charge in [0.05, 0.1) is 20.8 Å². The van der Waals surface area contributed by atoms with Crippen molar-refractivity contribution in [3.63, 3.8) is 0 Å². The molecular formula is C24H30N6O3S2. The molecule has 0 aliphatic rings. The van der Waals surface area contributed by atoms with Gasteiger partial charge in [-0.2, -0.15) is 15.0 Å². The van der Waals surface area contributed by atoms with E-state index in [4.69, 9.17) is 26.4 Å². The molecule has 3 rings (SSSR count). The number of hydrogen-bond acceptors (Lipinski definition) is 10. The van der Waals surface area contributed by atoms with Gasteiger partial charge in [-0.05, 0) is 68.9 Å². The number of nitrogens with zero attached hydrogens (tertiary/aromatic N) is 4. The summed E-state index contributed by atoms with van der Waals surface area (Å²) < 4.78 is 16.9. The summed E-state index contributed by atoms with van der Waals surface area (Å²) in [6.07, 6.45) is 0. The van der Waals surface area contributed by atoms with Gasteiger partial charge in [0.1, 0.15) is 10.1 Å². The Bertz CT molecular complexity index is 1130. The van der Waals surface area contributed by atoms with E-state index in [1.807, 2.05) is 49.4 Å². The van der Waals surface area contributed by atoms with Crippen LogP contribution in [-0.2, 0) is 0 Å². The molecule has 0 saturated heterocycles. The van der Waals surface area contributed by atoms with Crippen molar-refractivity contribution in [3.05, 3.63) is 42.5 Å². The number of benzene rings is 2. The molecule has 1 aromatic heterocycles. The molecule has 0 bridgehead atoms. The van der Waals surface area contributed by atoms with Crippen LogP contribution in [0.1, 0.15) is 20.8 Å². The van der Waals surface area contributed by atoms with Crippen LogP contribution in [0.3, 0.4) is 0 Å². The summed E-state index contributed by atoms with van der Waals surface area (Å²) in [5.41, 5.74) is 1.56. The lowest BCUT2D eigenvalue weighted by atomic mass is 10.3. The first-order chi connectivity index (χ1) is 17.0. The molecule has 3 aromatic rings. The van der Waals surface area contributed by atoms with Crippen LogP contribution in [-0.4, -0.2) is 58.1 Å². The SMILES string of the molecule is CCOc1ccc(Nc2nc(Nc3ccc(OC)c(OC)c3)nc(SC(=S)N(CC)CC)n2)cc1. The van der Waals surface area contributed by atoms with Crippen LogP contribution < -0.4 is 24.8 Å². The maximum atomic E-state index is 5.60. The van der Waals surface area contributed by atoms with Gasteiger partial charge in [0.15, 0.2) is 11.5 Å². The molecule has 0 aliphatic heterocycles. The molecule has 9 nitrogen and oxygen atoms in total. The minimum Gasteiger partial charge on any atom is -0.494 e. The summed E-state index contributed by atoms with van der Waals surface area (Å²) in [5, 5.41) is 6.94. The Hall–Kier alpha value is -3.31. The van der Waals surface area contributed by atoms with Gasteiger partial charge in [-0.25, -0.2) is 0 Å². The molecule has 2 aromatic carbocycles. The molecule has 0 aliphatic carbocycles. The third kappa shape index (κ3) is 7.33. The number of anilines is 4. The molecule has 186 valence electrons. The van der Waals surface area contributed by atoms with Gasteiger partial charge in [-0.3, -0.25) is 0 Å². The Labute approximate surface area is 215 Å². The number of rotatable bonds is 11. The van der Waals surface area contributed by atoms with E-state index in [1.54, 1.807) is 14.2 Å². The van der Waals surface area contributed by atoms with E-state index in [-0.39, 0.29) is 0 Å². The highest BCUT2D eigenvalue weighted by atomic mass is 32.2. The summed E-state index contributed by atoms with van der Waals surface area (Å²) in [6, 6.07) is 13.1. The molecule has 0 unspecified atom stereocenters. The Morgan fingerprint density at radius 3 is 2.03 bits per heavy atom. The lowest BCUT2D eigenvalue weighted by Gasteiger charge is -2.20. The number of thioether (sulfide) groups is 1. The summed E-state index contributed by atoms with van der Waals surface area (Å²) in [5.74, 6) is 2.77. The van der Waals surface area contributed by atoms with Gasteiger partial charge in [0, 0.05) is 30.5 Å². The van der Waals surface area contributed by atoms with Crippen molar-refractivity contribution in [1.29, 1.82) is 0 Å². The predicted molar refractivity (Wildman–Crippen MR) is 145 cm³/mol. The first-order valence-electron chi connectivity index (χ1n) is 11.2. The fourth-order valence-electron chi connectivity index (χ4n) is 3.11. The molecular weight excluding hydrogens is 484 g/mol. The molecule has 0 spiro atoms. The number of methoxy groups -OCH3 is 2. The third-order valence-electron chi connectivity index (χ3n) is 4.88. The standard InChI is InChI=1S/C24H30N6O3S2/c1-6-30(7-2)24(34)35-23-28-21(25-16-9-12-18(13-10-16)33-8-3)27-22(29-23)26-17-11-14-19(31-4)20(15-17)32-5/h9-15H,6-8H2,1-5H3,(H2,25,26,27,28,29). The van der Waals surface area contributed by atoms with Crippen molar-refractivity contribution < 1.29 is 14.2 Å². The fourth-order valence-corrected chi connectivity index (χ4v) is 4.40. The number of hydrogen-bond donors (Lipinski definition) is 2. The minimum absolute atomic E-state index is 0.366. The van der Waals surface area contributed by atoms with Crippen molar-refractivity contribution in [3.8, 4) is 17.2 Å². The predicted octanol–water partition coefficient (Wildman–Crippen LogP) is 5.49. The van der Waals surface area contributed by atoms with Crippen LogP contribution in [0.4, 0.5) is 23.3 Å². The van der Waals surface area contributed by atoms with E-state index in [0.29, 0.717) is 39.5 Å². The van der Waals surface area contributed by atoms with Gasteiger partial charge in [-0.15, -0.1) is 0 Å². The average molecular weight is 515 g/mol. The smallest absolute Gasteiger partial charge is 0.233 e. The van der Waals surface area contributed by atoms with Crippen LogP contribution in [0.5, 0.6) is 17.2 Å². The monoisotopic (exact) mass is 514 g/mol. The van der Waals surface area contributed by atoms with Gasteiger partial charge in [0.2, 0.25) is 17.1 Å². The topological polar surface area (TPSA) is 93.7 Å². The molecule has 0 saturated carbocycles.